The molecule has 0 aliphatic rings. The van der Waals surface area contributed by atoms with Gasteiger partial charge in [0.25, 0.3) is 10.0 Å². The van der Waals surface area contributed by atoms with Crippen LogP contribution in [0.5, 0.6) is 0 Å². The number of nitrogens with zero attached hydrogens (tertiary/aromatic N) is 1. The summed E-state index contributed by atoms with van der Waals surface area (Å²) < 4.78 is 27.2. The minimum atomic E-state index is -3.85. The molecule has 0 aliphatic carbocycles. The predicted molar refractivity (Wildman–Crippen MR) is 93.0 cm³/mol. The van der Waals surface area contributed by atoms with Gasteiger partial charge in [-0.1, -0.05) is 34.8 Å². The molecule has 0 heterocycles. The van der Waals surface area contributed by atoms with E-state index in [1.807, 2.05) is 19.0 Å². The Morgan fingerprint density at radius 2 is 1.50 bits per heavy atom. The third kappa shape index (κ3) is 3.60. The molecule has 1 N–H and O–H groups in total. The summed E-state index contributed by atoms with van der Waals surface area (Å²) in [5.41, 5.74) is 1.38. The predicted octanol–water partition coefficient (Wildman–Crippen LogP) is 4.51. The van der Waals surface area contributed by atoms with E-state index in [1.165, 1.54) is 12.1 Å². The van der Waals surface area contributed by atoms with Gasteiger partial charge in [-0.3, -0.25) is 4.72 Å². The van der Waals surface area contributed by atoms with Crippen molar-refractivity contribution in [1.82, 2.24) is 0 Å². The van der Waals surface area contributed by atoms with Gasteiger partial charge in [0.1, 0.15) is 4.90 Å². The summed E-state index contributed by atoms with van der Waals surface area (Å²) in [6.07, 6.45) is 0. The number of sulfonamides is 1. The molecule has 0 saturated carbocycles. The maximum atomic E-state index is 12.4. The van der Waals surface area contributed by atoms with Gasteiger partial charge < -0.3 is 4.90 Å². The molecule has 0 amide bonds. The summed E-state index contributed by atoms with van der Waals surface area (Å²) in [6, 6.07) is 9.63. The molecule has 0 spiro atoms. The zero-order valence-corrected chi connectivity index (χ0v) is 14.9. The van der Waals surface area contributed by atoms with Crippen LogP contribution in [0.2, 0.25) is 15.1 Å². The van der Waals surface area contributed by atoms with Crippen molar-refractivity contribution in [3.63, 3.8) is 0 Å². The lowest BCUT2D eigenvalue weighted by molar-refractivity contribution is 0.601. The topological polar surface area (TPSA) is 49.4 Å². The first-order chi connectivity index (χ1) is 10.2. The maximum Gasteiger partial charge on any atom is 0.263 e. The number of rotatable bonds is 4. The third-order valence-electron chi connectivity index (χ3n) is 2.93. The highest BCUT2D eigenvalue weighted by atomic mass is 35.5. The third-order valence-corrected chi connectivity index (χ3v) is 5.75. The van der Waals surface area contributed by atoms with Crippen molar-refractivity contribution in [1.29, 1.82) is 0 Å². The second-order valence-corrected chi connectivity index (χ2v) is 7.53. The summed E-state index contributed by atoms with van der Waals surface area (Å²) in [6.45, 7) is 0. The van der Waals surface area contributed by atoms with Crippen LogP contribution in [0.1, 0.15) is 0 Å². The lowest BCUT2D eigenvalue weighted by Crippen LogP contribution is -2.14. The van der Waals surface area contributed by atoms with Gasteiger partial charge in [-0.2, -0.15) is 0 Å². The Labute approximate surface area is 144 Å². The van der Waals surface area contributed by atoms with Crippen LogP contribution in [-0.4, -0.2) is 22.5 Å². The molecule has 0 fully saturated rings. The fourth-order valence-electron chi connectivity index (χ4n) is 1.75. The van der Waals surface area contributed by atoms with E-state index in [9.17, 15) is 8.42 Å². The number of anilines is 2. The van der Waals surface area contributed by atoms with Crippen molar-refractivity contribution in [2.45, 2.75) is 4.90 Å². The highest BCUT2D eigenvalue weighted by Gasteiger charge is 2.21. The number of benzene rings is 2. The summed E-state index contributed by atoms with van der Waals surface area (Å²) in [4.78, 5) is 1.79. The molecule has 0 atom stereocenters. The van der Waals surface area contributed by atoms with Crippen LogP contribution < -0.4 is 9.62 Å². The first-order valence-electron chi connectivity index (χ1n) is 6.16. The molecule has 0 unspecified atom stereocenters. The molecule has 0 bridgehead atoms. The zero-order valence-electron chi connectivity index (χ0n) is 11.8. The maximum absolute atomic E-state index is 12.4. The molecule has 8 heteroatoms. The van der Waals surface area contributed by atoms with Crippen molar-refractivity contribution in [3.05, 3.63) is 51.5 Å². The van der Waals surface area contributed by atoms with Crippen LogP contribution in [0, 0.1) is 0 Å². The van der Waals surface area contributed by atoms with Gasteiger partial charge in [0.05, 0.1) is 15.1 Å². The first-order valence-corrected chi connectivity index (χ1v) is 8.78. The van der Waals surface area contributed by atoms with Gasteiger partial charge in [-0.25, -0.2) is 8.42 Å². The smallest absolute Gasteiger partial charge is 0.263 e. The molecule has 2 rings (SSSR count). The van der Waals surface area contributed by atoms with E-state index < -0.39 is 10.0 Å². The Balaban J connectivity index is 2.34. The summed E-state index contributed by atoms with van der Waals surface area (Å²) in [5, 5.41) is 0.0988. The van der Waals surface area contributed by atoms with Gasteiger partial charge >= 0.3 is 0 Å². The van der Waals surface area contributed by atoms with Crippen LogP contribution in [0.15, 0.2) is 41.3 Å². The first kappa shape index (κ1) is 17.2. The lowest BCUT2D eigenvalue weighted by atomic mass is 10.3. The number of hydrogen-bond acceptors (Lipinski definition) is 3. The zero-order chi connectivity index (χ0) is 16.5. The Morgan fingerprint density at radius 3 is 2.05 bits per heavy atom. The molecular weight excluding hydrogens is 367 g/mol. The van der Waals surface area contributed by atoms with E-state index in [2.05, 4.69) is 4.72 Å². The number of hydrogen-bond donors (Lipinski definition) is 1. The minimum absolute atomic E-state index is 0.00849. The average Bonchev–Trinajstić information content (AvgIpc) is 2.44. The molecule has 0 aromatic heterocycles. The second-order valence-electron chi connectivity index (χ2n) is 4.72. The van der Waals surface area contributed by atoms with Crippen LogP contribution in [0.3, 0.4) is 0 Å². The molecule has 2 aromatic carbocycles. The highest BCUT2D eigenvalue weighted by molar-refractivity contribution is 7.92. The molecular formula is C14H13Cl3N2O2S. The Hall–Kier alpha value is -1.14. The van der Waals surface area contributed by atoms with Crippen LogP contribution in [0.4, 0.5) is 11.4 Å². The van der Waals surface area contributed by atoms with Gasteiger partial charge in [0.2, 0.25) is 0 Å². The monoisotopic (exact) mass is 378 g/mol. The van der Waals surface area contributed by atoms with Gasteiger partial charge in [0.15, 0.2) is 0 Å². The van der Waals surface area contributed by atoms with E-state index in [4.69, 9.17) is 34.8 Å². The second kappa shape index (κ2) is 6.54. The van der Waals surface area contributed by atoms with E-state index in [0.717, 1.165) is 5.69 Å². The normalized spacial score (nSPS) is 11.3. The van der Waals surface area contributed by atoms with Crippen LogP contribution in [0.25, 0.3) is 0 Å². The fourth-order valence-corrected chi connectivity index (χ4v) is 3.79. The quantitative estimate of drug-likeness (QED) is 0.795. The highest BCUT2D eigenvalue weighted by Crippen LogP contribution is 2.35. The number of halogens is 3. The van der Waals surface area contributed by atoms with E-state index in [0.29, 0.717) is 5.69 Å². The van der Waals surface area contributed by atoms with Crippen molar-refractivity contribution < 1.29 is 8.42 Å². The van der Waals surface area contributed by atoms with Crippen LogP contribution >= 0.6 is 34.8 Å². The molecule has 0 saturated heterocycles. The molecule has 0 aliphatic heterocycles. The standard InChI is InChI=1S/C14H13Cl3N2O2S/c1-19(2)10-5-3-9(4-6-10)18-22(20,21)12-8-7-11(15)13(16)14(12)17/h3-8,18H,1-2H3. The molecule has 22 heavy (non-hydrogen) atoms. The van der Waals surface area contributed by atoms with Crippen LogP contribution in [-0.2, 0) is 10.0 Å². The fraction of sp³-hybridized carbons (Fsp3) is 0.143. The van der Waals surface area contributed by atoms with E-state index in [-0.39, 0.29) is 20.0 Å². The van der Waals surface area contributed by atoms with Crippen molar-refractivity contribution >= 4 is 56.2 Å². The minimum Gasteiger partial charge on any atom is -0.378 e. The molecule has 0 radical (unpaired) electrons. The largest absolute Gasteiger partial charge is 0.378 e. The van der Waals surface area contributed by atoms with Gasteiger partial charge in [0, 0.05) is 25.5 Å². The summed E-state index contributed by atoms with van der Waals surface area (Å²) in [5.74, 6) is 0. The van der Waals surface area contributed by atoms with Crippen molar-refractivity contribution in [2.75, 3.05) is 23.7 Å². The Bertz CT molecular complexity index is 790. The molecule has 2 aromatic rings. The SMILES string of the molecule is CN(C)c1ccc(NS(=O)(=O)c2ccc(Cl)c(Cl)c2Cl)cc1. The lowest BCUT2D eigenvalue weighted by Gasteiger charge is -2.14. The molecule has 118 valence electrons. The van der Waals surface area contributed by atoms with Crippen molar-refractivity contribution in [3.8, 4) is 0 Å². The molecule has 4 nitrogen and oxygen atoms in total. The van der Waals surface area contributed by atoms with E-state index >= 15 is 0 Å². The number of nitrogens with one attached hydrogen (secondary N) is 1. The van der Waals surface area contributed by atoms with E-state index in [1.54, 1.807) is 24.3 Å². The van der Waals surface area contributed by atoms with Crippen molar-refractivity contribution in [2.24, 2.45) is 0 Å². The average molecular weight is 380 g/mol. The summed E-state index contributed by atoms with van der Waals surface area (Å²) >= 11 is 17.7. The Morgan fingerprint density at radius 1 is 0.909 bits per heavy atom. The summed E-state index contributed by atoms with van der Waals surface area (Å²) in [7, 11) is -0.0600. The Kier molecular flexibility index (Phi) is 5.12. The van der Waals surface area contributed by atoms with Gasteiger partial charge in [-0.05, 0) is 36.4 Å². The van der Waals surface area contributed by atoms with Gasteiger partial charge in [-0.15, -0.1) is 0 Å².